The highest BCUT2D eigenvalue weighted by atomic mass is 35.5. The number of halogens is 1. The maximum atomic E-state index is 12.8. The summed E-state index contributed by atoms with van der Waals surface area (Å²) < 4.78 is 5.13. The van der Waals surface area contributed by atoms with Crippen molar-refractivity contribution in [1.29, 1.82) is 0 Å². The van der Waals surface area contributed by atoms with Gasteiger partial charge in [0.15, 0.2) is 0 Å². The second-order valence-electron chi connectivity index (χ2n) is 7.80. The third-order valence-corrected chi connectivity index (χ3v) is 6.80. The first-order valence-electron chi connectivity index (χ1n) is 10.5. The Hall–Kier alpha value is -3.17. The zero-order chi connectivity index (χ0) is 23.4. The molecule has 3 aromatic rings. The zero-order valence-electron chi connectivity index (χ0n) is 18.3. The number of amides is 3. The number of aromatic nitrogens is 2. The summed E-state index contributed by atoms with van der Waals surface area (Å²) in [6.45, 7) is 3.09. The monoisotopic (exact) mass is 485 g/mol. The predicted molar refractivity (Wildman–Crippen MR) is 130 cm³/mol. The van der Waals surface area contributed by atoms with Crippen LogP contribution in [0, 0.1) is 6.92 Å². The molecule has 8 nitrogen and oxygen atoms in total. The maximum Gasteiger partial charge on any atom is 0.321 e. The fraction of sp³-hybridized carbons (Fsp3) is 0.304. The minimum atomic E-state index is -0.314. The highest BCUT2D eigenvalue weighted by Gasteiger charge is 2.28. The van der Waals surface area contributed by atoms with Gasteiger partial charge in [-0.3, -0.25) is 4.79 Å². The Balaban J connectivity index is 1.38. The van der Waals surface area contributed by atoms with Gasteiger partial charge < -0.3 is 20.3 Å². The number of benzene rings is 2. The van der Waals surface area contributed by atoms with Gasteiger partial charge in [0.2, 0.25) is 5.01 Å². The summed E-state index contributed by atoms with van der Waals surface area (Å²) in [7, 11) is 1.59. The molecule has 0 bridgehead atoms. The number of likely N-dealkylation sites (tertiary alicyclic amines) is 1. The van der Waals surface area contributed by atoms with Crippen LogP contribution in [0.3, 0.4) is 0 Å². The molecule has 0 radical (unpaired) electrons. The number of piperidine rings is 1. The number of carbonyl (C=O) groups is 2. The molecule has 3 amide bonds. The largest absolute Gasteiger partial charge is 0.497 e. The first kappa shape index (κ1) is 23.0. The average molecular weight is 486 g/mol. The second kappa shape index (κ2) is 10.2. The number of urea groups is 1. The third kappa shape index (κ3) is 5.61. The Morgan fingerprint density at radius 1 is 1.15 bits per heavy atom. The summed E-state index contributed by atoms with van der Waals surface area (Å²) in [6, 6.07) is 12.3. The van der Waals surface area contributed by atoms with E-state index in [1.807, 2.05) is 13.0 Å². The molecule has 2 N–H and O–H groups in total. The van der Waals surface area contributed by atoms with Gasteiger partial charge in [-0.1, -0.05) is 29.0 Å². The van der Waals surface area contributed by atoms with Crippen LogP contribution in [0.2, 0.25) is 5.02 Å². The molecule has 1 atom stereocenters. The Morgan fingerprint density at radius 2 is 1.94 bits per heavy atom. The number of hydrogen-bond donors (Lipinski definition) is 2. The highest BCUT2D eigenvalue weighted by molar-refractivity contribution is 7.13. The number of carbonyl (C=O) groups excluding carboxylic acids is 2. The summed E-state index contributed by atoms with van der Waals surface area (Å²) in [4.78, 5) is 27.2. The van der Waals surface area contributed by atoms with Gasteiger partial charge >= 0.3 is 6.03 Å². The SMILES string of the molecule is COc1ccc(NC(=O)c2nnc([C@@H]3CCCN(C(=O)Nc4cc(Cl)ccc4C)C3)s2)cc1. The Bertz CT molecular complexity index is 1150. The van der Waals surface area contributed by atoms with Gasteiger partial charge in [0, 0.05) is 35.4 Å². The van der Waals surface area contributed by atoms with E-state index in [1.165, 1.54) is 11.3 Å². The standard InChI is InChI=1S/C23H24ClN5O3S/c1-14-5-6-16(24)12-19(14)26-23(31)29-11-3-4-15(13-29)21-27-28-22(33-21)20(30)25-17-7-9-18(32-2)10-8-17/h5-10,12,15H,3-4,11,13H2,1-2H3,(H,25,30)(H,26,31)/t15-/m1/s1. The van der Waals surface area contributed by atoms with Crippen LogP contribution in [-0.4, -0.2) is 47.2 Å². The maximum absolute atomic E-state index is 12.8. The second-order valence-corrected chi connectivity index (χ2v) is 9.25. The fourth-order valence-corrected chi connectivity index (χ4v) is 4.67. The van der Waals surface area contributed by atoms with E-state index < -0.39 is 0 Å². The van der Waals surface area contributed by atoms with Crippen molar-refractivity contribution in [1.82, 2.24) is 15.1 Å². The van der Waals surface area contributed by atoms with Gasteiger partial charge in [-0.2, -0.15) is 0 Å². The summed E-state index contributed by atoms with van der Waals surface area (Å²) >= 11 is 7.33. The van der Waals surface area contributed by atoms with Crippen molar-refractivity contribution in [3.63, 3.8) is 0 Å². The molecule has 1 aliphatic rings. The van der Waals surface area contributed by atoms with Gasteiger partial charge in [0.05, 0.1) is 7.11 Å². The van der Waals surface area contributed by atoms with Crippen LogP contribution in [-0.2, 0) is 0 Å². The van der Waals surface area contributed by atoms with Crippen molar-refractivity contribution in [2.75, 3.05) is 30.8 Å². The number of nitrogens with zero attached hydrogens (tertiary/aromatic N) is 3. The Morgan fingerprint density at radius 3 is 2.70 bits per heavy atom. The number of ether oxygens (including phenoxy) is 1. The number of rotatable bonds is 5. The van der Waals surface area contributed by atoms with E-state index in [2.05, 4.69) is 20.8 Å². The first-order valence-corrected chi connectivity index (χ1v) is 11.7. The molecule has 0 aliphatic carbocycles. The number of methoxy groups -OCH3 is 1. The lowest BCUT2D eigenvalue weighted by atomic mass is 9.99. The quantitative estimate of drug-likeness (QED) is 0.519. The number of hydrogen-bond acceptors (Lipinski definition) is 6. The van der Waals surface area contributed by atoms with Crippen LogP contribution in [0.1, 0.15) is 39.1 Å². The number of anilines is 2. The predicted octanol–water partition coefficient (Wildman–Crippen LogP) is 5.17. The van der Waals surface area contributed by atoms with Crippen molar-refractivity contribution in [3.05, 3.63) is 63.1 Å². The van der Waals surface area contributed by atoms with E-state index in [0.29, 0.717) is 35.2 Å². The van der Waals surface area contributed by atoms with Crippen molar-refractivity contribution < 1.29 is 14.3 Å². The number of nitrogens with one attached hydrogen (secondary N) is 2. The fourth-order valence-electron chi connectivity index (χ4n) is 3.64. The minimum Gasteiger partial charge on any atom is -0.497 e. The van der Waals surface area contributed by atoms with Crippen LogP contribution in [0.25, 0.3) is 0 Å². The van der Waals surface area contributed by atoms with Crippen LogP contribution in [0.15, 0.2) is 42.5 Å². The van der Waals surface area contributed by atoms with Crippen LogP contribution in [0.5, 0.6) is 5.75 Å². The van der Waals surface area contributed by atoms with Gasteiger partial charge in [-0.25, -0.2) is 4.79 Å². The van der Waals surface area contributed by atoms with Gasteiger partial charge in [-0.15, -0.1) is 10.2 Å². The first-order chi connectivity index (χ1) is 15.9. The Kier molecular flexibility index (Phi) is 7.10. The van der Waals surface area contributed by atoms with Crippen LogP contribution < -0.4 is 15.4 Å². The number of aryl methyl sites for hydroxylation is 1. The smallest absolute Gasteiger partial charge is 0.321 e. The van der Waals surface area contributed by atoms with E-state index in [9.17, 15) is 9.59 Å². The highest BCUT2D eigenvalue weighted by Crippen LogP contribution is 2.30. The molecule has 2 heterocycles. The molecule has 0 spiro atoms. The summed E-state index contributed by atoms with van der Waals surface area (Å²) in [5.74, 6) is 0.429. The molecule has 0 unspecified atom stereocenters. The summed E-state index contributed by atoms with van der Waals surface area (Å²) in [5.41, 5.74) is 2.29. The summed E-state index contributed by atoms with van der Waals surface area (Å²) in [5, 5.41) is 15.7. The van der Waals surface area contributed by atoms with E-state index in [1.54, 1.807) is 48.4 Å². The molecule has 4 rings (SSSR count). The summed E-state index contributed by atoms with van der Waals surface area (Å²) in [6.07, 6.45) is 1.73. The Labute approximate surface area is 200 Å². The van der Waals surface area contributed by atoms with E-state index >= 15 is 0 Å². The topological polar surface area (TPSA) is 96.4 Å². The lowest BCUT2D eigenvalue weighted by Gasteiger charge is -2.31. The molecule has 1 fully saturated rings. The zero-order valence-corrected chi connectivity index (χ0v) is 19.9. The van der Waals surface area contributed by atoms with E-state index in [0.717, 1.165) is 23.4 Å². The molecule has 1 saturated heterocycles. The van der Waals surface area contributed by atoms with Crippen molar-refractivity contribution >= 4 is 46.3 Å². The van der Waals surface area contributed by atoms with Crippen LogP contribution in [0.4, 0.5) is 16.2 Å². The molecule has 2 aromatic carbocycles. The molecule has 33 heavy (non-hydrogen) atoms. The van der Waals surface area contributed by atoms with E-state index in [4.69, 9.17) is 16.3 Å². The molecule has 0 saturated carbocycles. The van der Waals surface area contributed by atoms with Gasteiger partial charge in [0.1, 0.15) is 10.8 Å². The normalized spacial score (nSPS) is 15.7. The molecule has 10 heteroatoms. The van der Waals surface area contributed by atoms with Gasteiger partial charge in [0.25, 0.3) is 5.91 Å². The lowest BCUT2D eigenvalue weighted by molar-refractivity contribution is 0.102. The lowest BCUT2D eigenvalue weighted by Crippen LogP contribution is -2.41. The molecule has 1 aliphatic heterocycles. The molecular formula is C23H24ClN5O3S. The van der Waals surface area contributed by atoms with Crippen molar-refractivity contribution in [3.8, 4) is 5.75 Å². The van der Waals surface area contributed by atoms with Crippen LogP contribution >= 0.6 is 22.9 Å². The van der Waals surface area contributed by atoms with E-state index in [-0.39, 0.29) is 22.9 Å². The van der Waals surface area contributed by atoms with Crippen molar-refractivity contribution in [2.24, 2.45) is 0 Å². The molecule has 172 valence electrons. The van der Waals surface area contributed by atoms with Crippen molar-refractivity contribution in [2.45, 2.75) is 25.7 Å². The average Bonchev–Trinajstić information content (AvgIpc) is 3.33. The minimum absolute atomic E-state index is 0.0324. The molecular weight excluding hydrogens is 462 g/mol. The molecule has 1 aromatic heterocycles. The van der Waals surface area contributed by atoms with Gasteiger partial charge in [-0.05, 0) is 61.7 Å². The third-order valence-electron chi connectivity index (χ3n) is 5.48.